The molecule has 0 fully saturated rings. The number of benzene rings is 1. The van der Waals surface area contributed by atoms with E-state index in [4.69, 9.17) is 15.9 Å². The zero-order chi connectivity index (χ0) is 14.0. The van der Waals surface area contributed by atoms with Gasteiger partial charge in [0.15, 0.2) is 0 Å². The van der Waals surface area contributed by atoms with Crippen LogP contribution < -0.4 is 10.5 Å². The standard InChI is InChI=1S/C13H15NO5/c14-7-13(6-11(15)16)4-8-1-2-10(19-12(17)18)3-9(8)5-13/h1-3H,4-7,14H2,(H,15,16)(H,17,18). The monoisotopic (exact) mass is 265 g/mol. The second-order valence-electron chi connectivity index (χ2n) is 4.93. The van der Waals surface area contributed by atoms with Crippen LogP contribution in [0.3, 0.4) is 0 Å². The third kappa shape index (κ3) is 2.85. The van der Waals surface area contributed by atoms with Gasteiger partial charge in [-0.25, -0.2) is 4.79 Å². The third-order valence-corrected chi connectivity index (χ3v) is 3.47. The number of ether oxygens (including phenoxy) is 1. The van der Waals surface area contributed by atoms with Crippen LogP contribution in [0.2, 0.25) is 0 Å². The largest absolute Gasteiger partial charge is 0.511 e. The van der Waals surface area contributed by atoms with Crippen LogP contribution in [0, 0.1) is 5.41 Å². The number of carboxylic acids is 1. The fraction of sp³-hybridized carbons (Fsp3) is 0.385. The second-order valence-corrected chi connectivity index (χ2v) is 4.93. The van der Waals surface area contributed by atoms with Crippen molar-refractivity contribution in [3.05, 3.63) is 29.3 Å². The molecule has 2 rings (SSSR count). The second kappa shape index (κ2) is 4.89. The normalized spacial score (nSPS) is 20.9. The van der Waals surface area contributed by atoms with Gasteiger partial charge in [0, 0.05) is 5.41 Å². The van der Waals surface area contributed by atoms with E-state index in [9.17, 15) is 9.59 Å². The van der Waals surface area contributed by atoms with Gasteiger partial charge in [-0.05, 0) is 42.6 Å². The van der Waals surface area contributed by atoms with E-state index in [2.05, 4.69) is 4.74 Å². The summed E-state index contributed by atoms with van der Waals surface area (Å²) < 4.78 is 4.59. The Bertz CT molecular complexity index is 528. The van der Waals surface area contributed by atoms with Gasteiger partial charge in [-0.15, -0.1) is 0 Å². The fourth-order valence-corrected chi connectivity index (χ4v) is 2.64. The van der Waals surface area contributed by atoms with Crippen molar-refractivity contribution >= 4 is 12.1 Å². The van der Waals surface area contributed by atoms with E-state index in [1.165, 1.54) is 0 Å². The number of rotatable bonds is 4. The van der Waals surface area contributed by atoms with E-state index in [0.717, 1.165) is 11.1 Å². The van der Waals surface area contributed by atoms with Gasteiger partial charge >= 0.3 is 12.1 Å². The van der Waals surface area contributed by atoms with E-state index < -0.39 is 17.5 Å². The first-order valence-electron chi connectivity index (χ1n) is 5.88. The van der Waals surface area contributed by atoms with Gasteiger partial charge in [0.1, 0.15) is 5.75 Å². The number of hydrogen-bond acceptors (Lipinski definition) is 4. The van der Waals surface area contributed by atoms with E-state index in [1.54, 1.807) is 18.2 Å². The maximum atomic E-state index is 10.9. The Hall–Kier alpha value is -2.08. The molecule has 0 radical (unpaired) electrons. The average Bonchev–Trinajstić information content (AvgIpc) is 2.65. The summed E-state index contributed by atoms with van der Waals surface area (Å²) in [6, 6.07) is 4.98. The first-order valence-corrected chi connectivity index (χ1v) is 5.88. The van der Waals surface area contributed by atoms with Crippen molar-refractivity contribution in [2.45, 2.75) is 19.3 Å². The highest BCUT2D eigenvalue weighted by Crippen LogP contribution is 2.40. The molecule has 1 atom stereocenters. The van der Waals surface area contributed by atoms with Gasteiger partial charge in [-0.1, -0.05) is 6.07 Å². The smallest absolute Gasteiger partial charge is 0.481 e. The quantitative estimate of drug-likeness (QED) is 0.558. The molecule has 1 aromatic carbocycles. The molecule has 0 bridgehead atoms. The number of carbonyl (C=O) groups is 2. The van der Waals surface area contributed by atoms with Gasteiger partial charge in [-0.3, -0.25) is 4.79 Å². The zero-order valence-electron chi connectivity index (χ0n) is 10.3. The van der Waals surface area contributed by atoms with Crippen molar-refractivity contribution in [3.63, 3.8) is 0 Å². The minimum Gasteiger partial charge on any atom is -0.481 e. The summed E-state index contributed by atoms with van der Waals surface area (Å²) in [5.41, 5.74) is 7.16. The molecule has 1 aliphatic carbocycles. The Kier molecular flexibility index (Phi) is 3.44. The molecule has 1 unspecified atom stereocenters. The van der Waals surface area contributed by atoms with Crippen LogP contribution in [0.4, 0.5) is 4.79 Å². The van der Waals surface area contributed by atoms with Gasteiger partial charge in [-0.2, -0.15) is 0 Å². The van der Waals surface area contributed by atoms with Crippen LogP contribution >= 0.6 is 0 Å². The minimum atomic E-state index is -1.37. The molecule has 0 saturated carbocycles. The van der Waals surface area contributed by atoms with Crippen LogP contribution in [0.15, 0.2) is 18.2 Å². The summed E-state index contributed by atoms with van der Waals surface area (Å²) in [5, 5.41) is 17.5. The first kappa shape index (κ1) is 13.4. The molecule has 0 aromatic heterocycles. The Morgan fingerprint density at radius 2 is 1.95 bits per heavy atom. The van der Waals surface area contributed by atoms with Crippen LogP contribution in [-0.4, -0.2) is 28.9 Å². The van der Waals surface area contributed by atoms with Crippen molar-refractivity contribution in [2.75, 3.05) is 6.54 Å². The Labute approximate surface area is 109 Å². The number of fused-ring (bicyclic) bond motifs is 1. The lowest BCUT2D eigenvalue weighted by atomic mass is 9.81. The zero-order valence-corrected chi connectivity index (χ0v) is 10.3. The average molecular weight is 265 g/mol. The van der Waals surface area contributed by atoms with Crippen molar-refractivity contribution in [1.82, 2.24) is 0 Å². The lowest BCUT2D eigenvalue weighted by molar-refractivity contribution is -0.139. The van der Waals surface area contributed by atoms with Crippen LogP contribution in [-0.2, 0) is 17.6 Å². The molecule has 0 saturated heterocycles. The maximum Gasteiger partial charge on any atom is 0.511 e. The maximum absolute atomic E-state index is 10.9. The third-order valence-electron chi connectivity index (χ3n) is 3.47. The van der Waals surface area contributed by atoms with Crippen molar-refractivity contribution in [3.8, 4) is 5.75 Å². The summed E-state index contributed by atoms with van der Waals surface area (Å²) in [5.74, 6) is -0.630. The van der Waals surface area contributed by atoms with Gasteiger partial charge in [0.05, 0.1) is 6.42 Å². The highest BCUT2D eigenvalue weighted by atomic mass is 16.7. The number of aliphatic carboxylic acids is 1. The highest BCUT2D eigenvalue weighted by molar-refractivity contribution is 5.68. The molecule has 102 valence electrons. The SMILES string of the molecule is NCC1(CC(=O)O)Cc2ccc(OC(=O)O)cc2C1. The van der Waals surface area contributed by atoms with Crippen LogP contribution in [0.1, 0.15) is 17.5 Å². The lowest BCUT2D eigenvalue weighted by Gasteiger charge is -2.24. The molecule has 1 aromatic rings. The molecule has 0 heterocycles. The summed E-state index contributed by atoms with van der Waals surface area (Å²) in [6.07, 6.45) is -0.234. The Morgan fingerprint density at radius 1 is 1.26 bits per heavy atom. The summed E-state index contributed by atoms with van der Waals surface area (Å²) in [4.78, 5) is 21.4. The molecule has 6 heteroatoms. The van der Waals surface area contributed by atoms with Crippen LogP contribution in [0.5, 0.6) is 5.75 Å². The van der Waals surface area contributed by atoms with Gasteiger partial charge in [0.25, 0.3) is 0 Å². The molecule has 19 heavy (non-hydrogen) atoms. The van der Waals surface area contributed by atoms with Crippen molar-refractivity contribution in [2.24, 2.45) is 11.1 Å². The summed E-state index contributed by atoms with van der Waals surface area (Å²) in [6.45, 7) is 0.281. The van der Waals surface area contributed by atoms with Crippen LogP contribution in [0.25, 0.3) is 0 Å². The molecule has 0 spiro atoms. The molecular formula is C13H15NO5. The fourth-order valence-electron chi connectivity index (χ4n) is 2.64. The molecule has 0 aliphatic heterocycles. The van der Waals surface area contributed by atoms with E-state index >= 15 is 0 Å². The number of nitrogens with two attached hydrogens (primary N) is 1. The predicted octanol–water partition coefficient (Wildman–Crippen LogP) is 1.26. The number of carboxylic acid groups (broad SMARTS) is 2. The molecule has 4 N–H and O–H groups in total. The molecule has 6 nitrogen and oxygen atoms in total. The van der Waals surface area contributed by atoms with E-state index in [-0.39, 0.29) is 18.7 Å². The number of hydrogen-bond donors (Lipinski definition) is 3. The van der Waals surface area contributed by atoms with E-state index in [1.807, 2.05) is 0 Å². The Balaban J connectivity index is 2.23. The first-order chi connectivity index (χ1) is 8.94. The summed E-state index contributed by atoms with van der Waals surface area (Å²) in [7, 11) is 0. The minimum absolute atomic E-state index is 0.00724. The topological polar surface area (TPSA) is 110 Å². The lowest BCUT2D eigenvalue weighted by Crippen LogP contribution is -2.33. The summed E-state index contributed by atoms with van der Waals surface area (Å²) >= 11 is 0. The molecular weight excluding hydrogens is 250 g/mol. The van der Waals surface area contributed by atoms with Gasteiger partial charge in [0.2, 0.25) is 0 Å². The van der Waals surface area contributed by atoms with E-state index in [0.29, 0.717) is 12.8 Å². The highest BCUT2D eigenvalue weighted by Gasteiger charge is 2.38. The van der Waals surface area contributed by atoms with Crippen molar-refractivity contribution in [1.29, 1.82) is 0 Å². The van der Waals surface area contributed by atoms with Gasteiger partial charge < -0.3 is 20.7 Å². The van der Waals surface area contributed by atoms with Crippen molar-refractivity contribution < 1.29 is 24.5 Å². The Morgan fingerprint density at radius 3 is 2.53 bits per heavy atom. The predicted molar refractivity (Wildman–Crippen MR) is 66.2 cm³/mol. The molecule has 0 amide bonds. The molecule has 1 aliphatic rings.